The van der Waals surface area contributed by atoms with Crippen molar-refractivity contribution in [3.8, 4) is 0 Å². The maximum absolute atomic E-state index is 5.37. The lowest BCUT2D eigenvalue weighted by atomic mass is 10.0. The van der Waals surface area contributed by atoms with Crippen molar-refractivity contribution in [1.82, 2.24) is 20.0 Å². The van der Waals surface area contributed by atoms with E-state index in [1.54, 1.807) is 14.2 Å². The number of nitrogens with zero attached hydrogens (tertiary/aromatic N) is 3. The molecule has 0 aromatic carbocycles. The van der Waals surface area contributed by atoms with Gasteiger partial charge in [0.1, 0.15) is 0 Å². The highest BCUT2D eigenvalue weighted by Gasteiger charge is 2.46. The Kier molecular flexibility index (Phi) is 4.36. The number of hydrogen-bond donors (Lipinski definition) is 1. The van der Waals surface area contributed by atoms with E-state index in [1.807, 2.05) is 0 Å². The van der Waals surface area contributed by atoms with E-state index < -0.39 is 0 Å². The summed E-state index contributed by atoms with van der Waals surface area (Å²) in [5.41, 5.74) is 0. The van der Waals surface area contributed by atoms with Crippen LogP contribution < -0.4 is 5.32 Å². The van der Waals surface area contributed by atoms with E-state index in [-0.39, 0.29) is 0 Å². The molecule has 6 nitrogen and oxygen atoms in total. The molecule has 19 heavy (non-hydrogen) atoms. The minimum Gasteiger partial charge on any atom is -0.369 e. The molecule has 3 saturated heterocycles. The molecule has 0 spiro atoms. The van der Waals surface area contributed by atoms with E-state index in [9.17, 15) is 0 Å². The molecule has 3 fully saturated rings. The van der Waals surface area contributed by atoms with Crippen molar-refractivity contribution >= 4 is 0 Å². The van der Waals surface area contributed by atoms with E-state index in [0.29, 0.717) is 18.5 Å². The van der Waals surface area contributed by atoms with Crippen molar-refractivity contribution in [2.24, 2.45) is 0 Å². The monoisotopic (exact) mass is 270 g/mol. The Morgan fingerprint density at radius 1 is 0.947 bits per heavy atom. The molecule has 3 unspecified atom stereocenters. The highest BCUT2D eigenvalue weighted by Crippen LogP contribution is 2.32. The van der Waals surface area contributed by atoms with E-state index in [0.717, 1.165) is 33.1 Å². The molecule has 0 bridgehead atoms. The SMILES string of the molecule is COCN1CCC2NCCC3N(COC)CCC1N23. The minimum atomic E-state index is 0.518. The molecule has 3 aliphatic heterocycles. The van der Waals surface area contributed by atoms with Gasteiger partial charge in [0.05, 0.1) is 32.0 Å². The van der Waals surface area contributed by atoms with Crippen LogP contribution in [-0.2, 0) is 9.47 Å². The lowest BCUT2D eigenvalue weighted by molar-refractivity contribution is -0.192. The van der Waals surface area contributed by atoms with Crippen LogP contribution in [0.3, 0.4) is 0 Å². The van der Waals surface area contributed by atoms with Crippen molar-refractivity contribution < 1.29 is 9.47 Å². The normalized spacial score (nSPS) is 37.3. The van der Waals surface area contributed by atoms with Crippen molar-refractivity contribution in [3.05, 3.63) is 0 Å². The molecule has 110 valence electrons. The summed E-state index contributed by atoms with van der Waals surface area (Å²) in [5.74, 6) is 0. The number of rotatable bonds is 4. The van der Waals surface area contributed by atoms with Crippen LogP contribution >= 0.6 is 0 Å². The fourth-order valence-electron chi connectivity index (χ4n) is 3.89. The number of nitrogens with one attached hydrogen (secondary N) is 1. The van der Waals surface area contributed by atoms with Gasteiger partial charge in [-0.05, 0) is 25.8 Å². The Labute approximate surface area is 115 Å². The van der Waals surface area contributed by atoms with Gasteiger partial charge >= 0.3 is 0 Å². The summed E-state index contributed by atoms with van der Waals surface area (Å²) in [5, 5.41) is 3.67. The Balaban J connectivity index is 1.76. The Hall–Kier alpha value is -0.240. The first-order valence-electron chi connectivity index (χ1n) is 7.32. The zero-order valence-corrected chi connectivity index (χ0v) is 12.0. The van der Waals surface area contributed by atoms with Crippen LogP contribution in [0.15, 0.2) is 0 Å². The Morgan fingerprint density at radius 3 is 2.26 bits per heavy atom. The predicted molar refractivity (Wildman–Crippen MR) is 72.2 cm³/mol. The standard InChI is InChI=1S/C13H26N4O2/c1-18-9-15-7-4-11-14-6-3-12-16(10-19-2)8-5-13(15)17(11)12/h11-14H,3-10H2,1-2H3. The lowest BCUT2D eigenvalue weighted by Gasteiger charge is -2.59. The number of hydrogen-bond acceptors (Lipinski definition) is 6. The van der Waals surface area contributed by atoms with Crippen molar-refractivity contribution in [2.45, 2.75) is 37.8 Å². The molecule has 0 aromatic heterocycles. The van der Waals surface area contributed by atoms with Gasteiger partial charge in [-0.1, -0.05) is 0 Å². The highest BCUT2D eigenvalue weighted by molar-refractivity contribution is 4.95. The van der Waals surface area contributed by atoms with E-state index >= 15 is 0 Å². The van der Waals surface area contributed by atoms with Crippen molar-refractivity contribution in [3.63, 3.8) is 0 Å². The third-order valence-corrected chi connectivity index (χ3v) is 4.63. The molecule has 0 radical (unpaired) electrons. The molecule has 1 N–H and O–H groups in total. The molecule has 3 heterocycles. The van der Waals surface area contributed by atoms with Gasteiger partial charge in [-0.2, -0.15) is 0 Å². The van der Waals surface area contributed by atoms with Crippen LogP contribution in [0.1, 0.15) is 19.3 Å². The van der Waals surface area contributed by atoms with Gasteiger partial charge < -0.3 is 14.8 Å². The summed E-state index contributed by atoms with van der Waals surface area (Å²) in [6, 6.07) is 0. The van der Waals surface area contributed by atoms with Gasteiger partial charge in [0.2, 0.25) is 0 Å². The van der Waals surface area contributed by atoms with Crippen LogP contribution in [0, 0.1) is 0 Å². The van der Waals surface area contributed by atoms with E-state index in [2.05, 4.69) is 20.0 Å². The first-order valence-corrected chi connectivity index (χ1v) is 7.32. The van der Waals surface area contributed by atoms with Crippen LogP contribution in [0.4, 0.5) is 0 Å². The second-order valence-electron chi connectivity index (χ2n) is 5.70. The molecule has 6 heteroatoms. The number of methoxy groups -OCH3 is 2. The quantitative estimate of drug-likeness (QED) is 0.768. The third-order valence-electron chi connectivity index (χ3n) is 4.63. The van der Waals surface area contributed by atoms with Crippen LogP contribution in [0.5, 0.6) is 0 Å². The molecule has 0 aliphatic carbocycles. The Morgan fingerprint density at radius 2 is 1.58 bits per heavy atom. The summed E-state index contributed by atoms with van der Waals surface area (Å²) in [6.45, 7) is 4.84. The average molecular weight is 270 g/mol. The smallest absolute Gasteiger partial charge is 0.0998 e. The molecule has 3 atom stereocenters. The summed E-state index contributed by atoms with van der Waals surface area (Å²) in [7, 11) is 3.58. The van der Waals surface area contributed by atoms with Gasteiger partial charge in [0.25, 0.3) is 0 Å². The highest BCUT2D eigenvalue weighted by atomic mass is 16.5. The zero-order chi connectivity index (χ0) is 13.2. The van der Waals surface area contributed by atoms with Crippen LogP contribution in [-0.4, -0.2) is 80.5 Å². The largest absolute Gasteiger partial charge is 0.369 e. The summed E-state index contributed by atoms with van der Waals surface area (Å²) >= 11 is 0. The number of ether oxygens (including phenoxy) is 2. The first-order chi connectivity index (χ1) is 9.35. The maximum atomic E-state index is 5.37. The second kappa shape index (κ2) is 6.03. The van der Waals surface area contributed by atoms with Gasteiger partial charge in [-0.15, -0.1) is 0 Å². The molecule has 0 saturated carbocycles. The molecular formula is C13H26N4O2. The molecule has 0 aromatic rings. The van der Waals surface area contributed by atoms with E-state index in [4.69, 9.17) is 9.47 Å². The van der Waals surface area contributed by atoms with E-state index in [1.165, 1.54) is 19.3 Å². The summed E-state index contributed by atoms with van der Waals surface area (Å²) in [6.07, 6.45) is 5.08. The van der Waals surface area contributed by atoms with Crippen molar-refractivity contribution in [2.75, 3.05) is 47.3 Å². The molecule has 3 rings (SSSR count). The lowest BCUT2D eigenvalue weighted by Crippen LogP contribution is -2.74. The minimum absolute atomic E-state index is 0.518. The second-order valence-corrected chi connectivity index (χ2v) is 5.70. The first kappa shape index (κ1) is 13.7. The van der Waals surface area contributed by atoms with Gasteiger partial charge in [0, 0.05) is 27.3 Å². The van der Waals surface area contributed by atoms with Gasteiger partial charge in [-0.25, -0.2) is 0 Å². The third kappa shape index (κ3) is 2.53. The predicted octanol–water partition coefficient (Wildman–Crippen LogP) is -0.121. The molecule has 3 aliphatic rings. The van der Waals surface area contributed by atoms with Gasteiger partial charge in [-0.3, -0.25) is 14.7 Å². The fourth-order valence-corrected chi connectivity index (χ4v) is 3.89. The van der Waals surface area contributed by atoms with Crippen LogP contribution in [0.2, 0.25) is 0 Å². The van der Waals surface area contributed by atoms with Crippen LogP contribution in [0.25, 0.3) is 0 Å². The Bertz CT molecular complexity index is 294. The maximum Gasteiger partial charge on any atom is 0.0998 e. The topological polar surface area (TPSA) is 40.2 Å². The average Bonchev–Trinajstić information content (AvgIpc) is 2.44. The van der Waals surface area contributed by atoms with Crippen molar-refractivity contribution in [1.29, 1.82) is 0 Å². The molecule has 0 amide bonds. The fraction of sp³-hybridized carbons (Fsp3) is 1.00. The molecular weight excluding hydrogens is 244 g/mol. The zero-order valence-electron chi connectivity index (χ0n) is 12.0. The summed E-state index contributed by atoms with van der Waals surface area (Å²) < 4.78 is 10.7. The summed E-state index contributed by atoms with van der Waals surface area (Å²) in [4.78, 5) is 7.59. The van der Waals surface area contributed by atoms with Gasteiger partial charge in [0.15, 0.2) is 0 Å².